The molecule has 2 rings (SSSR count). The van der Waals surface area contributed by atoms with E-state index in [0.717, 1.165) is 25.0 Å². The summed E-state index contributed by atoms with van der Waals surface area (Å²) in [5.41, 5.74) is -0.490. The van der Waals surface area contributed by atoms with Crippen LogP contribution in [0.15, 0.2) is 18.2 Å². The summed E-state index contributed by atoms with van der Waals surface area (Å²) in [6.07, 6.45) is 1.79. The van der Waals surface area contributed by atoms with Gasteiger partial charge in [0.15, 0.2) is 0 Å². The van der Waals surface area contributed by atoms with Crippen LogP contribution in [0.4, 0.5) is 10.1 Å². The van der Waals surface area contributed by atoms with Crippen LogP contribution in [0.1, 0.15) is 23.2 Å². The van der Waals surface area contributed by atoms with Crippen molar-refractivity contribution in [2.24, 2.45) is 5.92 Å². The third-order valence-corrected chi connectivity index (χ3v) is 4.08. The quantitative estimate of drug-likeness (QED) is 0.854. The van der Waals surface area contributed by atoms with E-state index in [9.17, 15) is 17.6 Å². The van der Waals surface area contributed by atoms with Gasteiger partial charge in [-0.1, -0.05) is 0 Å². The van der Waals surface area contributed by atoms with E-state index in [2.05, 4.69) is 4.72 Å². The first-order valence-electron chi connectivity index (χ1n) is 5.41. The molecule has 0 aliphatic heterocycles. The highest BCUT2D eigenvalue weighted by Gasteiger charge is 2.28. The van der Waals surface area contributed by atoms with Crippen molar-refractivity contribution < 1.29 is 22.7 Å². The molecular weight excluding hydrogens is 261 g/mol. The van der Waals surface area contributed by atoms with Crippen LogP contribution in [0.2, 0.25) is 0 Å². The first-order valence-corrected chi connectivity index (χ1v) is 7.06. The minimum absolute atomic E-state index is 0.0206. The second-order valence-corrected chi connectivity index (χ2v) is 6.09. The summed E-state index contributed by atoms with van der Waals surface area (Å²) in [5, 5.41) is 8.73. The maximum Gasteiger partial charge on any atom is 0.338 e. The summed E-state index contributed by atoms with van der Waals surface area (Å²) < 4.78 is 38.7. The molecule has 0 spiro atoms. The fraction of sp³-hybridized carbons (Fsp3) is 0.364. The Kier molecular flexibility index (Phi) is 3.25. The third kappa shape index (κ3) is 3.19. The maximum atomic E-state index is 13.1. The molecule has 0 aromatic heterocycles. The minimum Gasteiger partial charge on any atom is -0.478 e. The maximum absolute atomic E-state index is 13.1. The zero-order chi connectivity index (χ0) is 13.3. The van der Waals surface area contributed by atoms with E-state index in [1.807, 2.05) is 0 Å². The van der Waals surface area contributed by atoms with Gasteiger partial charge in [0, 0.05) is 5.69 Å². The first kappa shape index (κ1) is 12.8. The van der Waals surface area contributed by atoms with Crippen molar-refractivity contribution in [2.75, 3.05) is 10.5 Å². The number of halogens is 1. The van der Waals surface area contributed by atoms with Gasteiger partial charge in [0.05, 0.1) is 11.3 Å². The average Bonchev–Trinajstić information content (AvgIpc) is 3.03. The van der Waals surface area contributed by atoms with Gasteiger partial charge in [-0.05, 0) is 37.0 Å². The molecule has 0 bridgehead atoms. The topological polar surface area (TPSA) is 83.5 Å². The van der Waals surface area contributed by atoms with E-state index in [-0.39, 0.29) is 17.4 Å². The van der Waals surface area contributed by atoms with Gasteiger partial charge < -0.3 is 5.11 Å². The Bertz CT molecular complexity index is 581. The Labute approximate surface area is 104 Å². The van der Waals surface area contributed by atoms with Crippen molar-refractivity contribution in [1.82, 2.24) is 0 Å². The van der Waals surface area contributed by atoms with E-state index in [1.165, 1.54) is 6.07 Å². The number of aromatic carboxylic acids is 1. The van der Waals surface area contributed by atoms with Crippen LogP contribution in [0, 0.1) is 11.7 Å². The molecule has 0 atom stereocenters. The predicted molar refractivity (Wildman–Crippen MR) is 63.5 cm³/mol. The lowest BCUT2D eigenvalue weighted by atomic mass is 10.2. The first-order chi connectivity index (χ1) is 8.37. The lowest BCUT2D eigenvalue weighted by Gasteiger charge is -2.08. The SMILES string of the molecule is O=C(O)c1cc(NS(=O)(=O)CC2CC2)ccc1F. The van der Waals surface area contributed by atoms with Gasteiger partial charge in [0.25, 0.3) is 0 Å². The number of benzene rings is 1. The van der Waals surface area contributed by atoms with Gasteiger partial charge in [-0.25, -0.2) is 17.6 Å². The molecule has 2 N–H and O–H groups in total. The van der Waals surface area contributed by atoms with Gasteiger partial charge in [-0.3, -0.25) is 4.72 Å². The van der Waals surface area contributed by atoms with Crippen LogP contribution >= 0.6 is 0 Å². The Balaban J connectivity index is 2.18. The highest BCUT2D eigenvalue weighted by atomic mass is 32.2. The van der Waals surface area contributed by atoms with Crippen LogP contribution in [0.3, 0.4) is 0 Å². The lowest BCUT2D eigenvalue weighted by molar-refractivity contribution is 0.0692. The molecule has 1 saturated carbocycles. The number of carboxylic acids is 1. The Morgan fingerprint density at radius 3 is 2.67 bits per heavy atom. The third-order valence-electron chi connectivity index (χ3n) is 2.62. The molecule has 18 heavy (non-hydrogen) atoms. The highest BCUT2D eigenvalue weighted by Crippen LogP contribution is 2.30. The van der Waals surface area contributed by atoms with E-state index in [0.29, 0.717) is 0 Å². The Morgan fingerprint density at radius 1 is 1.44 bits per heavy atom. The van der Waals surface area contributed by atoms with Crippen LogP contribution in [-0.4, -0.2) is 25.2 Å². The zero-order valence-electron chi connectivity index (χ0n) is 9.39. The van der Waals surface area contributed by atoms with Crippen LogP contribution < -0.4 is 4.72 Å². The van der Waals surface area contributed by atoms with Crippen molar-refractivity contribution in [3.8, 4) is 0 Å². The Hall–Kier alpha value is -1.63. The van der Waals surface area contributed by atoms with Crippen LogP contribution in [0.5, 0.6) is 0 Å². The second kappa shape index (κ2) is 4.56. The monoisotopic (exact) mass is 273 g/mol. The van der Waals surface area contributed by atoms with Gasteiger partial charge in [-0.15, -0.1) is 0 Å². The van der Waals surface area contributed by atoms with E-state index in [1.54, 1.807) is 0 Å². The molecule has 0 radical (unpaired) electrons. The van der Waals surface area contributed by atoms with Crippen molar-refractivity contribution in [3.05, 3.63) is 29.6 Å². The fourth-order valence-electron chi connectivity index (χ4n) is 1.57. The van der Waals surface area contributed by atoms with Crippen molar-refractivity contribution in [3.63, 3.8) is 0 Å². The summed E-state index contributed by atoms with van der Waals surface area (Å²) >= 11 is 0. The molecular formula is C11H12FNO4S. The van der Waals surface area contributed by atoms with Crippen molar-refractivity contribution in [2.45, 2.75) is 12.8 Å². The summed E-state index contributed by atoms with van der Waals surface area (Å²) in [6.45, 7) is 0. The molecule has 0 heterocycles. The number of carboxylic acid groups (broad SMARTS) is 1. The number of hydrogen-bond acceptors (Lipinski definition) is 3. The molecule has 1 aromatic rings. The van der Waals surface area contributed by atoms with E-state index in [4.69, 9.17) is 5.11 Å². The summed E-state index contributed by atoms with van der Waals surface area (Å²) in [5.74, 6) is -2.13. The smallest absolute Gasteiger partial charge is 0.338 e. The number of rotatable bonds is 5. The van der Waals surface area contributed by atoms with Crippen molar-refractivity contribution in [1.29, 1.82) is 0 Å². The molecule has 5 nitrogen and oxygen atoms in total. The van der Waals surface area contributed by atoms with Gasteiger partial charge >= 0.3 is 5.97 Å². The molecule has 1 aliphatic rings. The van der Waals surface area contributed by atoms with Gasteiger partial charge in [0.2, 0.25) is 10.0 Å². The molecule has 1 aromatic carbocycles. The average molecular weight is 273 g/mol. The molecule has 0 saturated heterocycles. The van der Waals surface area contributed by atoms with Crippen LogP contribution in [-0.2, 0) is 10.0 Å². The van der Waals surface area contributed by atoms with Crippen molar-refractivity contribution >= 4 is 21.7 Å². The number of sulfonamides is 1. The molecule has 1 aliphatic carbocycles. The number of anilines is 1. The summed E-state index contributed by atoms with van der Waals surface area (Å²) in [7, 11) is -3.49. The largest absolute Gasteiger partial charge is 0.478 e. The van der Waals surface area contributed by atoms with Crippen LogP contribution in [0.25, 0.3) is 0 Å². The van der Waals surface area contributed by atoms with E-state index >= 15 is 0 Å². The molecule has 1 fully saturated rings. The molecule has 7 heteroatoms. The number of nitrogens with one attached hydrogen (secondary N) is 1. The summed E-state index contributed by atoms with van der Waals surface area (Å²) in [4.78, 5) is 10.7. The highest BCUT2D eigenvalue weighted by molar-refractivity contribution is 7.92. The Morgan fingerprint density at radius 2 is 2.11 bits per heavy atom. The molecule has 98 valence electrons. The zero-order valence-corrected chi connectivity index (χ0v) is 10.2. The standard InChI is InChI=1S/C11H12FNO4S/c12-10-4-3-8(5-9(10)11(14)15)13-18(16,17)6-7-1-2-7/h3-5,7,13H,1-2,6H2,(H,14,15). The molecule has 0 amide bonds. The number of carbonyl (C=O) groups is 1. The summed E-state index contributed by atoms with van der Waals surface area (Å²) in [6, 6.07) is 3.10. The normalized spacial score (nSPS) is 15.4. The minimum atomic E-state index is -3.49. The lowest BCUT2D eigenvalue weighted by Crippen LogP contribution is -2.18. The molecule has 0 unspecified atom stereocenters. The number of hydrogen-bond donors (Lipinski definition) is 2. The fourth-order valence-corrected chi connectivity index (χ4v) is 3.09. The predicted octanol–water partition coefficient (Wildman–Crippen LogP) is 1.68. The van der Waals surface area contributed by atoms with Gasteiger partial charge in [0.1, 0.15) is 5.82 Å². The van der Waals surface area contributed by atoms with Gasteiger partial charge in [-0.2, -0.15) is 0 Å². The van der Waals surface area contributed by atoms with E-state index < -0.39 is 27.4 Å². The second-order valence-electron chi connectivity index (χ2n) is 4.33.